The van der Waals surface area contributed by atoms with Gasteiger partial charge in [0, 0.05) is 12.3 Å². The van der Waals surface area contributed by atoms with Gasteiger partial charge < -0.3 is 0 Å². The molecule has 0 spiro atoms. The van der Waals surface area contributed by atoms with Gasteiger partial charge in [-0.2, -0.15) is 0 Å². The Bertz CT molecular complexity index is 280. The summed E-state index contributed by atoms with van der Waals surface area (Å²) in [6.07, 6.45) is 14.8. The maximum atomic E-state index is 10.9. The molecule has 0 bridgehead atoms. The summed E-state index contributed by atoms with van der Waals surface area (Å²) in [4.78, 5) is 21.4. The highest BCUT2D eigenvalue weighted by Crippen LogP contribution is 2.15. The van der Waals surface area contributed by atoms with E-state index in [4.69, 9.17) is 23.2 Å². The highest BCUT2D eigenvalue weighted by molar-refractivity contribution is 6.64. The molecule has 0 amide bonds. The van der Waals surface area contributed by atoms with Crippen LogP contribution in [0.2, 0.25) is 0 Å². The van der Waals surface area contributed by atoms with E-state index in [0.717, 1.165) is 25.7 Å². The molecular weight excluding hydrogens is 307 g/mol. The maximum absolute atomic E-state index is 10.9. The number of hydrogen-bond acceptors (Lipinski definition) is 2. The van der Waals surface area contributed by atoms with Gasteiger partial charge in [0.2, 0.25) is 10.5 Å². The van der Waals surface area contributed by atoms with Crippen LogP contribution in [0.15, 0.2) is 0 Å². The minimum atomic E-state index is -0.209. The predicted octanol–water partition coefficient (Wildman–Crippen LogP) is 6.22. The van der Waals surface area contributed by atoms with Gasteiger partial charge >= 0.3 is 0 Å². The molecule has 0 aliphatic carbocycles. The second kappa shape index (κ2) is 14.8. The molecule has 0 aliphatic rings. The summed E-state index contributed by atoms with van der Waals surface area (Å²) in [5.74, 6) is 0.0146. The van der Waals surface area contributed by atoms with Gasteiger partial charge in [-0.3, -0.25) is 9.59 Å². The van der Waals surface area contributed by atoms with Crippen molar-refractivity contribution >= 4 is 33.7 Å². The van der Waals surface area contributed by atoms with Crippen molar-refractivity contribution in [3.63, 3.8) is 0 Å². The lowest BCUT2D eigenvalue weighted by Crippen LogP contribution is -2.02. The summed E-state index contributed by atoms with van der Waals surface area (Å²) in [6.45, 7) is 1.90. The third-order valence-electron chi connectivity index (χ3n) is 3.90. The van der Waals surface area contributed by atoms with Gasteiger partial charge in [-0.15, -0.1) is 0 Å². The van der Waals surface area contributed by atoms with Crippen molar-refractivity contribution in [3.05, 3.63) is 0 Å². The molecule has 1 unspecified atom stereocenters. The molecule has 124 valence electrons. The van der Waals surface area contributed by atoms with Crippen molar-refractivity contribution in [1.82, 2.24) is 0 Å². The zero-order valence-electron chi connectivity index (χ0n) is 13.3. The monoisotopic (exact) mass is 336 g/mol. The average Bonchev–Trinajstić information content (AvgIpc) is 2.43. The van der Waals surface area contributed by atoms with Crippen LogP contribution in [0, 0.1) is 5.92 Å². The van der Waals surface area contributed by atoms with Gasteiger partial charge in [-0.25, -0.2) is 0 Å². The summed E-state index contributed by atoms with van der Waals surface area (Å²) in [7, 11) is 0. The van der Waals surface area contributed by atoms with Crippen LogP contribution in [0.5, 0.6) is 0 Å². The van der Waals surface area contributed by atoms with Crippen LogP contribution in [0.1, 0.15) is 90.4 Å². The molecule has 0 aliphatic heterocycles. The van der Waals surface area contributed by atoms with Crippen LogP contribution in [0.3, 0.4) is 0 Å². The Morgan fingerprint density at radius 1 is 0.714 bits per heavy atom. The number of hydrogen-bond donors (Lipinski definition) is 0. The molecule has 0 aromatic heterocycles. The largest absolute Gasteiger partial charge is 0.281 e. The van der Waals surface area contributed by atoms with E-state index in [1.165, 1.54) is 51.4 Å². The van der Waals surface area contributed by atoms with Crippen molar-refractivity contribution in [2.75, 3.05) is 0 Å². The van der Waals surface area contributed by atoms with Gasteiger partial charge in [0.25, 0.3) is 0 Å². The fourth-order valence-electron chi connectivity index (χ4n) is 2.42. The molecule has 1 atom stereocenters. The summed E-state index contributed by atoms with van der Waals surface area (Å²) in [6, 6.07) is 0. The molecule has 0 N–H and O–H groups in total. The Labute approximate surface area is 140 Å². The summed E-state index contributed by atoms with van der Waals surface area (Å²) in [5, 5.41) is -0.412. The fraction of sp³-hybridized carbons (Fsp3) is 0.882. The van der Waals surface area contributed by atoms with Gasteiger partial charge in [-0.05, 0) is 36.0 Å². The highest BCUT2D eigenvalue weighted by atomic mass is 35.5. The minimum Gasteiger partial charge on any atom is -0.281 e. The second-order valence-electron chi connectivity index (χ2n) is 5.99. The lowest BCUT2D eigenvalue weighted by Gasteiger charge is -2.05. The average molecular weight is 337 g/mol. The van der Waals surface area contributed by atoms with Crippen molar-refractivity contribution in [1.29, 1.82) is 0 Å². The number of carbonyl (C=O) groups is 2. The van der Waals surface area contributed by atoms with Gasteiger partial charge in [0.1, 0.15) is 0 Å². The van der Waals surface area contributed by atoms with Crippen molar-refractivity contribution in [2.24, 2.45) is 5.92 Å². The Kier molecular flexibility index (Phi) is 14.8. The molecule has 0 aromatic rings. The van der Waals surface area contributed by atoms with E-state index >= 15 is 0 Å². The third-order valence-corrected chi connectivity index (χ3v) is 4.46. The van der Waals surface area contributed by atoms with E-state index in [2.05, 4.69) is 0 Å². The normalized spacial score (nSPS) is 12.3. The van der Waals surface area contributed by atoms with Crippen LogP contribution >= 0.6 is 23.2 Å². The Morgan fingerprint density at radius 2 is 1.10 bits per heavy atom. The molecule has 0 heterocycles. The summed E-state index contributed by atoms with van der Waals surface area (Å²) < 4.78 is 0. The van der Waals surface area contributed by atoms with E-state index in [1.54, 1.807) is 0 Å². The van der Waals surface area contributed by atoms with Crippen LogP contribution in [-0.4, -0.2) is 10.5 Å². The Hall–Kier alpha value is -0.0800. The van der Waals surface area contributed by atoms with E-state index in [9.17, 15) is 9.59 Å². The minimum absolute atomic E-state index is 0.0146. The first-order valence-corrected chi connectivity index (χ1v) is 9.17. The molecule has 0 aromatic carbocycles. The molecule has 4 heteroatoms. The first-order chi connectivity index (χ1) is 10.0. The van der Waals surface area contributed by atoms with Crippen LogP contribution in [-0.2, 0) is 9.59 Å². The molecule has 0 radical (unpaired) electrons. The van der Waals surface area contributed by atoms with Crippen molar-refractivity contribution in [2.45, 2.75) is 90.4 Å². The lowest BCUT2D eigenvalue weighted by molar-refractivity contribution is -0.115. The maximum Gasteiger partial charge on any atom is 0.224 e. The van der Waals surface area contributed by atoms with Crippen molar-refractivity contribution in [3.8, 4) is 0 Å². The molecule has 0 rings (SSSR count). The summed E-state index contributed by atoms with van der Waals surface area (Å²) in [5.41, 5.74) is 0. The number of rotatable bonds is 15. The Morgan fingerprint density at radius 3 is 1.48 bits per heavy atom. The predicted molar refractivity (Wildman–Crippen MR) is 90.9 cm³/mol. The van der Waals surface area contributed by atoms with Crippen LogP contribution in [0.4, 0.5) is 0 Å². The van der Waals surface area contributed by atoms with E-state index in [-0.39, 0.29) is 16.4 Å². The standard InChI is InChI=1S/C17H30Cl2O2/c1-15(17(19)21)13-11-9-7-5-3-2-4-6-8-10-12-14-16(18)20/h15H,2-14H2,1H3. The quantitative estimate of drug-likeness (QED) is 0.262. The van der Waals surface area contributed by atoms with E-state index < -0.39 is 0 Å². The van der Waals surface area contributed by atoms with Gasteiger partial charge in [0.05, 0.1) is 0 Å². The zero-order valence-corrected chi connectivity index (χ0v) is 14.9. The lowest BCUT2D eigenvalue weighted by atomic mass is 10.0. The second-order valence-corrected chi connectivity index (χ2v) is 6.78. The van der Waals surface area contributed by atoms with Gasteiger partial charge in [0.15, 0.2) is 0 Å². The summed E-state index contributed by atoms with van der Waals surface area (Å²) >= 11 is 10.7. The van der Waals surface area contributed by atoms with Crippen molar-refractivity contribution < 1.29 is 9.59 Å². The van der Waals surface area contributed by atoms with E-state index in [1.807, 2.05) is 6.92 Å². The molecule has 0 saturated carbocycles. The molecule has 21 heavy (non-hydrogen) atoms. The number of halogens is 2. The SMILES string of the molecule is CC(CCCCCCCCCCCCCC(=O)Cl)C(=O)Cl. The first-order valence-electron chi connectivity index (χ1n) is 8.41. The molecule has 0 saturated heterocycles. The van der Waals surface area contributed by atoms with E-state index in [0.29, 0.717) is 6.42 Å². The van der Waals surface area contributed by atoms with Crippen LogP contribution in [0.25, 0.3) is 0 Å². The fourth-order valence-corrected chi connectivity index (χ4v) is 2.66. The first kappa shape index (κ1) is 20.9. The van der Waals surface area contributed by atoms with Crippen LogP contribution < -0.4 is 0 Å². The molecule has 2 nitrogen and oxygen atoms in total. The Balaban J connectivity index is 3.09. The third kappa shape index (κ3) is 16.1. The molecular formula is C17H30Cl2O2. The number of unbranched alkanes of at least 4 members (excludes halogenated alkanes) is 10. The highest BCUT2D eigenvalue weighted by Gasteiger charge is 2.08. The smallest absolute Gasteiger partial charge is 0.224 e. The van der Waals surface area contributed by atoms with Gasteiger partial charge in [-0.1, -0.05) is 71.1 Å². The molecule has 0 fully saturated rings. The zero-order chi connectivity index (χ0) is 15.9. The topological polar surface area (TPSA) is 34.1 Å². The number of carbonyl (C=O) groups excluding carboxylic acids is 2.